The minimum absolute atomic E-state index is 0.0641. The standard InChI is InChI=1S/C22H23NO2/c1-15(2)24-22-17(4)21(25-18-8-6-5-7-9-18)11-10-19(22)20-14-16(3)12-13-23-20/h5-15H,1-4H3. The Kier molecular flexibility index (Phi) is 5.03. The van der Waals surface area contributed by atoms with E-state index in [9.17, 15) is 0 Å². The summed E-state index contributed by atoms with van der Waals surface area (Å²) in [6.45, 7) is 8.14. The maximum atomic E-state index is 6.13. The van der Waals surface area contributed by atoms with Gasteiger partial charge in [0.2, 0.25) is 0 Å². The number of rotatable bonds is 5. The third kappa shape index (κ3) is 4.00. The lowest BCUT2D eigenvalue weighted by atomic mass is 10.0. The number of nitrogens with zero attached hydrogens (tertiary/aromatic N) is 1. The Morgan fingerprint density at radius 2 is 1.68 bits per heavy atom. The van der Waals surface area contributed by atoms with E-state index < -0.39 is 0 Å². The van der Waals surface area contributed by atoms with E-state index in [1.807, 2.05) is 75.5 Å². The fraction of sp³-hybridized carbons (Fsp3) is 0.227. The van der Waals surface area contributed by atoms with Crippen LogP contribution >= 0.6 is 0 Å². The van der Waals surface area contributed by atoms with Crippen LogP contribution in [0.4, 0.5) is 0 Å². The maximum absolute atomic E-state index is 6.13. The average molecular weight is 333 g/mol. The van der Waals surface area contributed by atoms with E-state index in [0.29, 0.717) is 0 Å². The van der Waals surface area contributed by atoms with Gasteiger partial charge in [-0.3, -0.25) is 4.98 Å². The Balaban J connectivity index is 2.06. The fourth-order valence-electron chi connectivity index (χ4n) is 2.67. The molecule has 0 spiro atoms. The van der Waals surface area contributed by atoms with Gasteiger partial charge in [-0.05, 0) is 69.7 Å². The van der Waals surface area contributed by atoms with Crippen LogP contribution in [-0.4, -0.2) is 11.1 Å². The molecule has 128 valence electrons. The molecule has 0 amide bonds. The minimum Gasteiger partial charge on any atom is -0.490 e. The first kappa shape index (κ1) is 17.0. The predicted molar refractivity (Wildman–Crippen MR) is 101 cm³/mol. The van der Waals surface area contributed by atoms with Gasteiger partial charge in [-0.25, -0.2) is 0 Å². The molecule has 1 heterocycles. The number of para-hydroxylation sites is 1. The van der Waals surface area contributed by atoms with Gasteiger partial charge in [-0.1, -0.05) is 18.2 Å². The van der Waals surface area contributed by atoms with Crippen LogP contribution in [0.1, 0.15) is 25.0 Å². The first-order chi connectivity index (χ1) is 12.0. The van der Waals surface area contributed by atoms with Crippen molar-refractivity contribution in [2.24, 2.45) is 0 Å². The molecule has 0 saturated heterocycles. The van der Waals surface area contributed by atoms with E-state index in [-0.39, 0.29) is 6.10 Å². The van der Waals surface area contributed by atoms with Crippen molar-refractivity contribution in [3.8, 4) is 28.5 Å². The largest absolute Gasteiger partial charge is 0.490 e. The topological polar surface area (TPSA) is 31.4 Å². The molecule has 0 aliphatic heterocycles. The van der Waals surface area contributed by atoms with Gasteiger partial charge in [0.15, 0.2) is 0 Å². The van der Waals surface area contributed by atoms with Crippen LogP contribution in [-0.2, 0) is 0 Å². The SMILES string of the molecule is Cc1ccnc(-c2ccc(Oc3ccccc3)c(C)c2OC(C)C)c1. The van der Waals surface area contributed by atoms with Crippen molar-refractivity contribution in [1.82, 2.24) is 4.98 Å². The van der Waals surface area contributed by atoms with Gasteiger partial charge >= 0.3 is 0 Å². The van der Waals surface area contributed by atoms with E-state index >= 15 is 0 Å². The molecule has 3 rings (SSSR count). The highest BCUT2D eigenvalue weighted by molar-refractivity contribution is 5.72. The molecule has 0 fully saturated rings. The Morgan fingerprint density at radius 3 is 2.36 bits per heavy atom. The zero-order valence-corrected chi connectivity index (χ0v) is 15.1. The molecule has 0 saturated carbocycles. The number of ether oxygens (including phenoxy) is 2. The summed E-state index contributed by atoms with van der Waals surface area (Å²) in [4.78, 5) is 4.51. The van der Waals surface area contributed by atoms with E-state index in [2.05, 4.69) is 18.0 Å². The Labute approximate surface area is 149 Å². The van der Waals surface area contributed by atoms with E-state index in [4.69, 9.17) is 9.47 Å². The lowest BCUT2D eigenvalue weighted by molar-refractivity contribution is 0.241. The number of pyridine rings is 1. The molecule has 0 unspecified atom stereocenters. The molecule has 2 aromatic carbocycles. The van der Waals surface area contributed by atoms with Crippen molar-refractivity contribution in [3.63, 3.8) is 0 Å². The first-order valence-electron chi connectivity index (χ1n) is 8.51. The van der Waals surface area contributed by atoms with Gasteiger partial charge in [0, 0.05) is 17.3 Å². The van der Waals surface area contributed by atoms with E-state index in [1.165, 1.54) is 5.56 Å². The second-order valence-corrected chi connectivity index (χ2v) is 6.37. The molecule has 0 aliphatic rings. The Hall–Kier alpha value is -2.81. The highest BCUT2D eigenvalue weighted by atomic mass is 16.5. The average Bonchev–Trinajstić information content (AvgIpc) is 2.59. The highest BCUT2D eigenvalue weighted by Crippen LogP contribution is 2.39. The molecular formula is C22H23NO2. The maximum Gasteiger partial charge on any atom is 0.135 e. The van der Waals surface area contributed by atoms with Crippen molar-refractivity contribution in [2.45, 2.75) is 33.8 Å². The molecule has 1 aromatic heterocycles. The van der Waals surface area contributed by atoms with Gasteiger partial charge in [0.25, 0.3) is 0 Å². The smallest absolute Gasteiger partial charge is 0.135 e. The summed E-state index contributed by atoms with van der Waals surface area (Å²) in [6.07, 6.45) is 1.89. The van der Waals surface area contributed by atoms with Crippen LogP contribution in [0.5, 0.6) is 17.2 Å². The van der Waals surface area contributed by atoms with Crippen molar-refractivity contribution in [3.05, 3.63) is 71.9 Å². The molecule has 0 bridgehead atoms. The molecule has 3 heteroatoms. The van der Waals surface area contributed by atoms with Gasteiger partial charge in [-0.2, -0.15) is 0 Å². The summed E-state index contributed by atoms with van der Waals surface area (Å²) in [7, 11) is 0. The van der Waals surface area contributed by atoms with E-state index in [1.54, 1.807) is 0 Å². The van der Waals surface area contributed by atoms with Crippen molar-refractivity contribution in [1.29, 1.82) is 0 Å². The molecule has 3 aromatic rings. The van der Waals surface area contributed by atoms with Crippen LogP contribution in [0.15, 0.2) is 60.8 Å². The molecule has 25 heavy (non-hydrogen) atoms. The van der Waals surface area contributed by atoms with Gasteiger partial charge in [0.05, 0.1) is 11.8 Å². The number of aromatic nitrogens is 1. The van der Waals surface area contributed by atoms with Crippen LogP contribution in [0.2, 0.25) is 0 Å². The molecule has 0 radical (unpaired) electrons. The number of benzene rings is 2. The van der Waals surface area contributed by atoms with Gasteiger partial charge in [0.1, 0.15) is 17.2 Å². The molecule has 0 N–H and O–H groups in total. The third-order valence-electron chi connectivity index (χ3n) is 3.87. The van der Waals surface area contributed by atoms with Crippen LogP contribution in [0.25, 0.3) is 11.3 Å². The third-order valence-corrected chi connectivity index (χ3v) is 3.87. The highest BCUT2D eigenvalue weighted by Gasteiger charge is 2.16. The van der Waals surface area contributed by atoms with Crippen LogP contribution < -0.4 is 9.47 Å². The fourth-order valence-corrected chi connectivity index (χ4v) is 2.67. The zero-order chi connectivity index (χ0) is 17.8. The number of hydrogen-bond donors (Lipinski definition) is 0. The summed E-state index contributed by atoms with van der Waals surface area (Å²) in [6, 6.07) is 17.8. The number of aryl methyl sites for hydroxylation is 1. The summed E-state index contributed by atoms with van der Waals surface area (Å²) in [5.41, 5.74) is 4.03. The Morgan fingerprint density at radius 1 is 0.920 bits per heavy atom. The zero-order valence-electron chi connectivity index (χ0n) is 15.1. The first-order valence-corrected chi connectivity index (χ1v) is 8.51. The lowest BCUT2D eigenvalue weighted by Crippen LogP contribution is -2.08. The minimum atomic E-state index is 0.0641. The van der Waals surface area contributed by atoms with Crippen molar-refractivity contribution < 1.29 is 9.47 Å². The van der Waals surface area contributed by atoms with Crippen LogP contribution in [0.3, 0.4) is 0 Å². The van der Waals surface area contributed by atoms with Crippen molar-refractivity contribution >= 4 is 0 Å². The Bertz CT molecular complexity index is 857. The van der Waals surface area contributed by atoms with Crippen LogP contribution in [0, 0.1) is 13.8 Å². The van der Waals surface area contributed by atoms with Gasteiger partial charge < -0.3 is 9.47 Å². The molecular weight excluding hydrogens is 310 g/mol. The summed E-state index contributed by atoms with van der Waals surface area (Å²) >= 11 is 0. The molecule has 0 aliphatic carbocycles. The number of hydrogen-bond acceptors (Lipinski definition) is 3. The second-order valence-electron chi connectivity index (χ2n) is 6.37. The monoisotopic (exact) mass is 333 g/mol. The predicted octanol–water partition coefficient (Wildman–Crippen LogP) is 5.94. The summed E-state index contributed by atoms with van der Waals surface area (Å²) in [5, 5.41) is 0. The van der Waals surface area contributed by atoms with Crippen molar-refractivity contribution in [2.75, 3.05) is 0 Å². The molecule has 3 nitrogen and oxygen atoms in total. The lowest BCUT2D eigenvalue weighted by Gasteiger charge is -2.19. The molecule has 0 atom stereocenters. The second kappa shape index (κ2) is 7.39. The normalized spacial score (nSPS) is 10.8. The van der Waals surface area contributed by atoms with Gasteiger partial charge in [-0.15, -0.1) is 0 Å². The van der Waals surface area contributed by atoms with E-state index in [0.717, 1.165) is 34.1 Å². The summed E-state index contributed by atoms with van der Waals surface area (Å²) < 4.78 is 12.2. The quantitative estimate of drug-likeness (QED) is 0.578. The summed E-state index contributed by atoms with van der Waals surface area (Å²) in [5.74, 6) is 2.42.